The third-order valence-electron chi connectivity index (χ3n) is 10.1. The third kappa shape index (κ3) is 7.99. The molecule has 6 rings (SSSR count). The van der Waals surface area contributed by atoms with Gasteiger partial charge in [-0.15, -0.1) is 0 Å². The van der Waals surface area contributed by atoms with Crippen LogP contribution in [0.2, 0.25) is 0 Å². The summed E-state index contributed by atoms with van der Waals surface area (Å²) in [5.41, 5.74) is 13.4. The fourth-order valence-electron chi connectivity index (χ4n) is 6.57. The number of benzene rings is 5. The van der Waals surface area contributed by atoms with Crippen molar-refractivity contribution < 1.29 is 0 Å². The number of hydrogen-bond donors (Lipinski definition) is 0. The fraction of sp³-hybridized carbons (Fsp3) is 0.354. The van der Waals surface area contributed by atoms with Gasteiger partial charge in [0.05, 0.1) is 5.69 Å². The summed E-state index contributed by atoms with van der Waals surface area (Å²) in [6.07, 6.45) is 0. The van der Waals surface area contributed by atoms with Gasteiger partial charge in [-0.3, -0.25) is 0 Å². The molecule has 0 N–H and O–H groups in total. The summed E-state index contributed by atoms with van der Waals surface area (Å²) in [5.74, 6) is 0.976. The van der Waals surface area contributed by atoms with E-state index in [1.54, 1.807) is 0 Å². The van der Waals surface area contributed by atoms with Crippen molar-refractivity contribution in [2.24, 2.45) is 5.10 Å². The SMILES string of the molecule is CC(C)(C)c1cc(C2=NN(c3cc(-c4ccccc4)cc(-c4ccccc4)c3)CN2c2cc(C(C)(C)C)cc(C(C)(C)C)c2)cc(C(C)(C)C)c1. The highest BCUT2D eigenvalue weighted by Gasteiger charge is 2.32. The Hall–Kier alpha value is -4.63. The van der Waals surface area contributed by atoms with Crippen LogP contribution in [0.25, 0.3) is 22.3 Å². The van der Waals surface area contributed by atoms with E-state index in [2.05, 4.69) is 208 Å². The van der Waals surface area contributed by atoms with Crippen molar-refractivity contribution in [3.8, 4) is 22.3 Å². The standard InChI is InChI=1S/C48H57N3/c1-45(2,3)38-24-37(25-39(28-38)46(4,5)6)44-49-51(32-50(44)42-30-40(47(7,8)9)29-41(31-42)48(10,11)12)43-26-35(33-19-15-13-16-20-33)23-36(27-43)34-21-17-14-18-22-34/h13-31H,32H2,1-12H3. The van der Waals surface area contributed by atoms with Gasteiger partial charge < -0.3 is 4.90 Å². The zero-order valence-corrected chi connectivity index (χ0v) is 33.0. The first-order chi connectivity index (χ1) is 23.8. The molecule has 0 atom stereocenters. The average Bonchev–Trinajstić information content (AvgIpc) is 3.53. The van der Waals surface area contributed by atoms with Gasteiger partial charge in [-0.2, -0.15) is 5.10 Å². The molecule has 3 nitrogen and oxygen atoms in total. The lowest BCUT2D eigenvalue weighted by molar-refractivity contribution is 0.567. The molecule has 0 spiro atoms. The maximum Gasteiger partial charge on any atom is 0.162 e. The van der Waals surface area contributed by atoms with Crippen LogP contribution in [0.15, 0.2) is 120 Å². The van der Waals surface area contributed by atoms with Crippen molar-refractivity contribution in [2.75, 3.05) is 16.6 Å². The lowest BCUT2D eigenvalue weighted by Gasteiger charge is -2.30. The van der Waals surface area contributed by atoms with Crippen LogP contribution < -0.4 is 9.91 Å². The van der Waals surface area contributed by atoms with Gasteiger partial charge in [0.1, 0.15) is 6.67 Å². The Morgan fingerprint density at radius 2 is 0.784 bits per heavy atom. The van der Waals surface area contributed by atoms with Crippen molar-refractivity contribution >= 4 is 17.2 Å². The average molecular weight is 676 g/mol. The van der Waals surface area contributed by atoms with Crippen LogP contribution in [0.5, 0.6) is 0 Å². The van der Waals surface area contributed by atoms with Gasteiger partial charge in [0.25, 0.3) is 0 Å². The maximum atomic E-state index is 5.56. The Labute approximate surface area is 308 Å². The van der Waals surface area contributed by atoms with Crippen molar-refractivity contribution in [1.29, 1.82) is 0 Å². The van der Waals surface area contributed by atoms with E-state index < -0.39 is 0 Å². The molecule has 1 heterocycles. The van der Waals surface area contributed by atoms with Gasteiger partial charge in [-0.1, -0.05) is 156 Å². The summed E-state index contributed by atoms with van der Waals surface area (Å²) in [7, 11) is 0. The van der Waals surface area contributed by atoms with Crippen molar-refractivity contribution in [2.45, 2.75) is 105 Å². The topological polar surface area (TPSA) is 18.8 Å². The monoisotopic (exact) mass is 675 g/mol. The van der Waals surface area contributed by atoms with Gasteiger partial charge >= 0.3 is 0 Å². The molecule has 51 heavy (non-hydrogen) atoms. The first kappa shape index (κ1) is 36.2. The van der Waals surface area contributed by atoms with Crippen molar-refractivity contribution in [1.82, 2.24) is 0 Å². The molecule has 1 aliphatic heterocycles. The van der Waals surface area contributed by atoms with Gasteiger partial charge in [0.2, 0.25) is 0 Å². The molecule has 0 saturated carbocycles. The molecule has 0 aliphatic carbocycles. The second-order valence-electron chi connectivity index (χ2n) is 18.5. The smallest absolute Gasteiger partial charge is 0.162 e. The van der Waals surface area contributed by atoms with Gasteiger partial charge in [0, 0.05) is 11.3 Å². The summed E-state index contributed by atoms with van der Waals surface area (Å²) in [4.78, 5) is 2.44. The van der Waals surface area contributed by atoms with Crippen LogP contribution in [0.1, 0.15) is 111 Å². The lowest BCUT2D eigenvalue weighted by atomic mass is 9.79. The van der Waals surface area contributed by atoms with E-state index in [1.165, 1.54) is 50.2 Å². The van der Waals surface area contributed by atoms with Crippen molar-refractivity contribution in [3.05, 3.63) is 143 Å². The molecule has 0 amide bonds. The van der Waals surface area contributed by atoms with Crippen LogP contribution in [0.4, 0.5) is 11.4 Å². The van der Waals surface area contributed by atoms with E-state index >= 15 is 0 Å². The van der Waals surface area contributed by atoms with E-state index in [1.807, 2.05) is 0 Å². The molecular weight excluding hydrogens is 619 g/mol. The Morgan fingerprint density at radius 3 is 1.18 bits per heavy atom. The number of amidine groups is 1. The molecule has 5 aromatic rings. The van der Waals surface area contributed by atoms with Crippen molar-refractivity contribution in [3.63, 3.8) is 0 Å². The largest absolute Gasteiger partial charge is 0.304 e. The Balaban J connectivity index is 1.60. The quantitative estimate of drug-likeness (QED) is 0.185. The van der Waals surface area contributed by atoms with E-state index in [0.29, 0.717) is 6.67 Å². The molecule has 264 valence electrons. The first-order valence-corrected chi connectivity index (χ1v) is 18.5. The lowest BCUT2D eigenvalue weighted by Crippen LogP contribution is -2.33. The summed E-state index contributed by atoms with van der Waals surface area (Å²) < 4.78 is 0. The zero-order valence-electron chi connectivity index (χ0n) is 33.0. The van der Waals surface area contributed by atoms with E-state index in [4.69, 9.17) is 5.10 Å². The Morgan fingerprint density at radius 1 is 0.392 bits per heavy atom. The van der Waals surface area contributed by atoms with Gasteiger partial charge in [0.15, 0.2) is 5.84 Å². The molecule has 0 aromatic heterocycles. The van der Waals surface area contributed by atoms with E-state index in [-0.39, 0.29) is 21.7 Å². The maximum absolute atomic E-state index is 5.56. The minimum Gasteiger partial charge on any atom is -0.304 e. The highest BCUT2D eigenvalue weighted by Crippen LogP contribution is 2.39. The molecule has 5 aromatic carbocycles. The molecule has 0 unspecified atom stereocenters. The minimum atomic E-state index is -0.0140. The molecule has 0 radical (unpaired) electrons. The summed E-state index contributed by atoms with van der Waals surface area (Å²) in [6.45, 7) is 28.3. The van der Waals surface area contributed by atoms with Crippen LogP contribution in [0.3, 0.4) is 0 Å². The Bertz CT molecular complexity index is 1920. The number of anilines is 2. The summed E-state index contributed by atoms with van der Waals surface area (Å²) in [6, 6.07) is 42.6. The zero-order chi connectivity index (χ0) is 36.9. The minimum absolute atomic E-state index is 0.00706. The molecule has 0 bridgehead atoms. The van der Waals surface area contributed by atoms with Crippen LogP contribution in [-0.2, 0) is 21.7 Å². The number of hydrogen-bond acceptors (Lipinski definition) is 3. The molecule has 0 fully saturated rings. The fourth-order valence-corrected chi connectivity index (χ4v) is 6.57. The predicted molar refractivity (Wildman–Crippen MR) is 221 cm³/mol. The second kappa shape index (κ2) is 13.2. The number of nitrogens with zero attached hydrogens (tertiary/aromatic N) is 3. The van der Waals surface area contributed by atoms with Gasteiger partial charge in [-0.05, 0) is 109 Å². The number of rotatable bonds is 5. The van der Waals surface area contributed by atoms with E-state index in [9.17, 15) is 0 Å². The predicted octanol–water partition coefficient (Wildman–Crippen LogP) is 12.9. The van der Waals surface area contributed by atoms with Gasteiger partial charge in [-0.25, -0.2) is 5.01 Å². The molecule has 1 aliphatic rings. The van der Waals surface area contributed by atoms with Crippen LogP contribution in [-0.4, -0.2) is 12.5 Å². The van der Waals surface area contributed by atoms with Crippen LogP contribution in [0, 0.1) is 0 Å². The first-order valence-electron chi connectivity index (χ1n) is 18.5. The highest BCUT2D eigenvalue weighted by atomic mass is 15.6. The highest BCUT2D eigenvalue weighted by molar-refractivity contribution is 6.12. The summed E-state index contributed by atoms with van der Waals surface area (Å²) >= 11 is 0. The van der Waals surface area contributed by atoms with Crippen LogP contribution >= 0.6 is 0 Å². The second-order valence-corrected chi connectivity index (χ2v) is 18.5. The molecule has 3 heteroatoms. The molecule has 0 saturated heterocycles. The Kier molecular flexibility index (Phi) is 9.34. The van der Waals surface area contributed by atoms with E-state index in [0.717, 1.165) is 17.1 Å². The normalized spacial score (nSPS) is 14.2. The summed E-state index contributed by atoms with van der Waals surface area (Å²) in [5, 5.41) is 7.77. The number of hydrazone groups is 1. The third-order valence-corrected chi connectivity index (χ3v) is 10.1. The molecular formula is C48H57N3.